The van der Waals surface area contributed by atoms with Crippen LogP contribution in [0.4, 0.5) is 0 Å². The smallest absolute Gasteiger partial charge is 0.295 e. The maximum absolute atomic E-state index is 10.5. The van der Waals surface area contributed by atoms with E-state index in [4.69, 9.17) is 10.2 Å². The van der Waals surface area contributed by atoms with Gasteiger partial charge in [0.25, 0.3) is 11.7 Å². The fourth-order valence-corrected chi connectivity index (χ4v) is 0.705. The molecule has 1 fully saturated rings. The van der Waals surface area contributed by atoms with Gasteiger partial charge in [0.1, 0.15) is 0 Å². The van der Waals surface area contributed by atoms with E-state index in [2.05, 4.69) is 5.43 Å². The molecule has 1 amide bonds. The quantitative estimate of drug-likeness (QED) is 0.322. The number of hydrazine groups is 1. The molecule has 0 aromatic heterocycles. The van der Waals surface area contributed by atoms with E-state index in [0.29, 0.717) is 0 Å². The average molecular weight is 132 g/mol. The first-order valence-electron chi connectivity index (χ1n) is 2.49. The molecule has 1 rings (SSSR count). The molecule has 0 aromatic rings. The number of likely N-dealkylation sites (N-methyl/N-ethyl adjacent to an activating group) is 1. The van der Waals surface area contributed by atoms with Gasteiger partial charge in [-0.15, -0.1) is 0 Å². The highest BCUT2D eigenvalue weighted by Gasteiger charge is 2.41. The van der Waals surface area contributed by atoms with E-state index in [-0.39, 0.29) is 6.54 Å². The molecule has 1 aliphatic rings. The van der Waals surface area contributed by atoms with E-state index >= 15 is 0 Å². The van der Waals surface area contributed by atoms with Gasteiger partial charge in [-0.25, -0.2) is 5.01 Å². The van der Waals surface area contributed by atoms with Gasteiger partial charge in [0.2, 0.25) is 0 Å². The van der Waals surface area contributed by atoms with Gasteiger partial charge in [0, 0.05) is 7.05 Å². The Bertz CT molecular complexity index is 145. The Hall–Kier alpha value is -0.650. The molecule has 3 N–H and O–H groups in total. The Kier molecular flexibility index (Phi) is 1.20. The summed E-state index contributed by atoms with van der Waals surface area (Å²) in [6.45, 7) is -0.0914. The van der Waals surface area contributed by atoms with Crippen molar-refractivity contribution < 1.29 is 15.0 Å². The van der Waals surface area contributed by atoms with Crippen LogP contribution < -0.4 is 5.43 Å². The fourth-order valence-electron chi connectivity index (χ4n) is 0.705. The lowest BCUT2D eigenvalue weighted by molar-refractivity contribution is -0.173. The fraction of sp³-hybridized carbons (Fsp3) is 0.750. The molecule has 52 valence electrons. The summed E-state index contributed by atoms with van der Waals surface area (Å²) in [6.07, 6.45) is 0. The number of carbonyl (C=O) groups excluding carboxylic acids is 1. The van der Waals surface area contributed by atoms with Crippen molar-refractivity contribution in [1.29, 1.82) is 0 Å². The monoisotopic (exact) mass is 132 g/mol. The third-order valence-corrected chi connectivity index (χ3v) is 1.11. The van der Waals surface area contributed by atoms with Crippen LogP contribution in [0.5, 0.6) is 0 Å². The lowest BCUT2D eigenvalue weighted by Gasteiger charge is -2.08. The summed E-state index contributed by atoms with van der Waals surface area (Å²) in [5.74, 6) is -2.97. The van der Waals surface area contributed by atoms with E-state index in [9.17, 15) is 4.79 Å². The minimum atomic E-state index is -2.20. The van der Waals surface area contributed by atoms with Gasteiger partial charge in [-0.2, -0.15) is 0 Å². The minimum absolute atomic E-state index is 0.0914. The lowest BCUT2D eigenvalue weighted by atomic mass is 10.3. The maximum atomic E-state index is 10.5. The standard InChI is InChI=1S/C4H8N2O3/c1-6-2-4(8,9)3(7)5-6/h8-9H,2H2,1H3,(H,5,7). The second-order valence-corrected chi connectivity index (χ2v) is 2.11. The molecule has 0 unspecified atom stereocenters. The van der Waals surface area contributed by atoms with Crippen molar-refractivity contribution >= 4 is 5.91 Å². The molecular formula is C4H8N2O3. The van der Waals surface area contributed by atoms with Crippen molar-refractivity contribution in [3.63, 3.8) is 0 Å². The van der Waals surface area contributed by atoms with Gasteiger partial charge in [-0.05, 0) is 0 Å². The second-order valence-electron chi connectivity index (χ2n) is 2.11. The van der Waals surface area contributed by atoms with Gasteiger partial charge < -0.3 is 10.2 Å². The van der Waals surface area contributed by atoms with E-state index in [1.54, 1.807) is 7.05 Å². The van der Waals surface area contributed by atoms with Crippen LogP contribution in [0.1, 0.15) is 0 Å². The van der Waals surface area contributed by atoms with Crippen LogP contribution in [0.2, 0.25) is 0 Å². The molecule has 1 aliphatic heterocycles. The van der Waals surface area contributed by atoms with Gasteiger partial charge in [0.05, 0.1) is 6.54 Å². The van der Waals surface area contributed by atoms with Crippen LogP contribution >= 0.6 is 0 Å². The molecule has 0 aromatic carbocycles. The molecule has 5 heteroatoms. The number of aliphatic hydroxyl groups is 2. The van der Waals surface area contributed by atoms with Crippen molar-refractivity contribution in [2.24, 2.45) is 0 Å². The molecule has 0 radical (unpaired) electrons. The third-order valence-electron chi connectivity index (χ3n) is 1.11. The summed E-state index contributed by atoms with van der Waals surface area (Å²) in [4.78, 5) is 10.5. The van der Waals surface area contributed by atoms with Crippen molar-refractivity contribution in [3.05, 3.63) is 0 Å². The highest BCUT2D eigenvalue weighted by Crippen LogP contribution is 2.06. The number of nitrogens with one attached hydrogen (secondary N) is 1. The first kappa shape index (κ1) is 6.47. The zero-order valence-corrected chi connectivity index (χ0v) is 4.96. The Balaban J connectivity index is 2.70. The molecular weight excluding hydrogens is 124 g/mol. The third kappa shape index (κ3) is 1.02. The summed E-state index contributed by atoms with van der Waals surface area (Å²) >= 11 is 0. The van der Waals surface area contributed by atoms with Crippen molar-refractivity contribution in [3.8, 4) is 0 Å². The van der Waals surface area contributed by atoms with Gasteiger partial charge in [-0.1, -0.05) is 0 Å². The molecule has 5 nitrogen and oxygen atoms in total. The minimum Gasteiger partial charge on any atom is -0.357 e. The van der Waals surface area contributed by atoms with E-state index < -0.39 is 11.7 Å². The van der Waals surface area contributed by atoms with Crippen LogP contribution in [0.15, 0.2) is 0 Å². The first-order chi connectivity index (χ1) is 4.02. The molecule has 9 heavy (non-hydrogen) atoms. The van der Waals surface area contributed by atoms with Gasteiger partial charge in [0.15, 0.2) is 0 Å². The molecule has 0 aliphatic carbocycles. The number of hydrogen-bond acceptors (Lipinski definition) is 4. The van der Waals surface area contributed by atoms with Crippen LogP contribution in [-0.2, 0) is 4.79 Å². The number of amides is 1. The zero-order valence-electron chi connectivity index (χ0n) is 4.96. The first-order valence-corrected chi connectivity index (χ1v) is 2.49. The van der Waals surface area contributed by atoms with Crippen molar-refractivity contribution in [1.82, 2.24) is 10.4 Å². The summed E-state index contributed by atoms with van der Waals surface area (Å²) in [6, 6.07) is 0. The Morgan fingerprint density at radius 3 is 2.44 bits per heavy atom. The predicted octanol–water partition coefficient (Wildman–Crippen LogP) is -2.36. The second kappa shape index (κ2) is 1.66. The van der Waals surface area contributed by atoms with E-state index in [1.807, 2.05) is 0 Å². The van der Waals surface area contributed by atoms with Crippen LogP contribution in [0.25, 0.3) is 0 Å². The highest BCUT2D eigenvalue weighted by atomic mass is 16.5. The molecule has 0 spiro atoms. The molecule has 0 atom stereocenters. The number of carbonyl (C=O) groups is 1. The Morgan fingerprint density at radius 2 is 2.33 bits per heavy atom. The molecule has 0 bridgehead atoms. The number of nitrogens with zero attached hydrogens (tertiary/aromatic N) is 1. The normalized spacial score (nSPS) is 26.3. The summed E-state index contributed by atoms with van der Waals surface area (Å²) in [5, 5.41) is 18.8. The summed E-state index contributed by atoms with van der Waals surface area (Å²) in [7, 11) is 1.55. The van der Waals surface area contributed by atoms with Crippen LogP contribution in [-0.4, -0.2) is 40.5 Å². The van der Waals surface area contributed by atoms with Crippen molar-refractivity contribution in [2.75, 3.05) is 13.6 Å². The van der Waals surface area contributed by atoms with Crippen LogP contribution in [0, 0.1) is 0 Å². The lowest BCUT2D eigenvalue weighted by Crippen LogP contribution is -2.39. The summed E-state index contributed by atoms with van der Waals surface area (Å²) in [5.41, 5.74) is 2.20. The molecule has 1 saturated heterocycles. The summed E-state index contributed by atoms with van der Waals surface area (Å²) < 4.78 is 0. The van der Waals surface area contributed by atoms with E-state index in [1.165, 1.54) is 5.01 Å². The topological polar surface area (TPSA) is 72.8 Å². The largest absolute Gasteiger partial charge is 0.357 e. The SMILES string of the molecule is CN1CC(O)(O)C(=O)N1. The Morgan fingerprint density at radius 1 is 1.78 bits per heavy atom. The van der Waals surface area contributed by atoms with Crippen molar-refractivity contribution in [2.45, 2.75) is 5.79 Å². The van der Waals surface area contributed by atoms with Gasteiger partial charge >= 0.3 is 0 Å². The number of β-amino-alcohol motifs (C(OH)–C–C–N with tert-alkyl or cyclic N) is 2. The Labute approximate surface area is 51.9 Å². The van der Waals surface area contributed by atoms with Crippen LogP contribution in [0.3, 0.4) is 0 Å². The molecule has 1 heterocycles. The average Bonchev–Trinajstić information content (AvgIpc) is 1.79. The van der Waals surface area contributed by atoms with Gasteiger partial charge in [-0.3, -0.25) is 10.2 Å². The predicted molar refractivity (Wildman–Crippen MR) is 27.9 cm³/mol. The zero-order chi connectivity index (χ0) is 7.07. The van der Waals surface area contributed by atoms with E-state index in [0.717, 1.165) is 0 Å². The molecule has 0 saturated carbocycles. The highest BCUT2D eigenvalue weighted by molar-refractivity contribution is 5.84. The number of hydrogen-bond donors (Lipinski definition) is 3. The maximum Gasteiger partial charge on any atom is 0.295 e. The number of rotatable bonds is 0.